The molecule has 1 aliphatic rings. The highest BCUT2D eigenvalue weighted by Gasteiger charge is 2.25. The van der Waals surface area contributed by atoms with Gasteiger partial charge in [-0.25, -0.2) is 0 Å². The minimum Gasteiger partial charge on any atom is -0.493 e. The van der Waals surface area contributed by atoms with E-state index in [1.165, 1.54) is 0 Å². The Bertz CT molecular complexity index is 542. The fourth-order valence-electron chi connectivity index (χ4n) is 2.50. The lowest BCUT2D eigenvalue weighted by molar-refractivity contribution is 0.0655. The molecule has 7 heteroatoms. The maximum absolute atomic E-state index is 12.7. The molecule has 1 aromatic rings. The standard InChI is InChI=1S/C16H23BrN2O3.ClH/c1-4-7-22-15-13(17)8-12(9-14(15)21-3)16(20)19-6-5-18-10-11(19)2;/h8-9,11,18H,4-7,10H2,1-3H3;1H/t11-;/m1./s1. The van der Waals surface area contributed by atoms with Crippen LogP contribution in [0.25, 0.3) is 0 Å². The van der Waals surface area contributed by atoms with Gasteiger partial charge in [-0.1, -0.05) is 6.92 Å². The van der Waals surface area contributed by atoms with Gasteiger partial charge in [0, 0.05) is 31.2 Å². The van der Waals surface area contributed by atoms with Gasteiger partial charge in [-0.05, 0) is 41.4 Å². The van der Waals surface area contributed by atoms with Crippen molar-refractivity contribution in [2.75, 3.05) is 33.4 Å². The smallest absolute Gasteiger partial charge is 0.254 e. The molecule has 1 aliphatic heterocycles. The summed E-state index contributed by atoms with van der Waals surface area (Å²) >= 11 is 3.49. The zero-order valence-corrected chi connectivity index (χ0v) is 16.1. The third-order valence-corrected chi connectivity index (χ3v) is 4.28. The van der Waals surface area contributed by atoms with Gasteiger partial charge in [0.2, 0.25) is 0 Å². The quantitative estimate of drug-likeness (QED) is 0.815. The fourth-order valence-corrected chi connectivity index (χ4v) is 3.05. The van der Waals surface area contributed by atoms with Crippen molar-refractivity contribution in [3.63, 3.8) is 0 Å². The summed E-state index contributed by atoms with van der Waals surface area (Å²) < 4.78 is 11.8. The Morgan fingerprint density at radius 2 is 2.22 bits per heavy atom. The molecule has 1 saturated heterocycles. The zero-order valence-electron chi connectivity index (χ0n) is 13.7. The number of amides is 1. The van der Waals surface area contributed by atoms with E-state index in [2.05, 4.69) is 28.2 Å². The van der Waals surface area contributed by atoms with E-state index >= 15 is 0 Å². The number of nitrogens with zero attached hydrogens (tertiary/aromatic N) is 1. The minimum atomic E-state index is 0. The highest BCUT2D eigenvalue weighted by Crippen LogP contribution is 2.37. The molecule has 0 spiro atoms. The van der Waals surface area contributed by atoms with E-state index in [1.807, 2.05) is 17.9 Å². The van der Waals surface area contributed by atoms with Crippen molar-refractivity contribution in [3.8, 4) is 11.5 Å². The highest BCUT2D eigenvalue weighted by molar-refractivity contribution is 9.10. The second-order valence-corrected chi connectivity index (χ2v) is 6.24. The van der Waals surface area contributed by atoms with E-state index in [0.717, 1.165) is 24.0 Å². The average Bonchev–Trinajstić information content (AvgIpc) is 2.53. The normalized spacial score (nSPS) is 17.4. The first-order chi connectivity index (χ1) is 10.6. The van der Waals surface area contributed by atoms with Crippen molar-refractivity contribution in [2.45, 2.75) is 26.3 Å². The van der Waals surface area contributed by atoms with Crippen molar-refractivity contribution in [1.82, 2.24) is 10.2 Å². The maximum atomic E-state index is 12.7. The summed E-state index contributed by atoms with van der Waals surface area (Å²) in [6, 6.07) is 3.75. The Labute approximate surface area is 152 Å². The van der Waals surface area contributed by atoms with Gasteiger partial charge in [-0.15, -0.1) is 12.4 Å². The second-order valence-electron chi connectivity index (χ2n) is 5.39. The third kappa shape index (κ3) is 4.75. The van der Waals surface area contributed by atoms with Crippen LogP contribution in [0.15, 0.2) is 16.6 Å². The first-order valence-corrected chi connectivity index (χ1v) is 8.39. The van der Waals surface area contributed by atoms with Gasteiger partial charge in [0.15, 0.2) is 11.5 Å². The van der Waals surface area contributed by atoms with Crippen LogP contribution in [-0.4, -0.2) is 50.2 Å². The Morgan fingerprint density at radius 1 is 1.48 bits per heavy atom. The first-order valence-electron chi connectivity index (χ1n) is 7.60. The Kier molecular flexibility index (Phi) is 8.16. The predicted octanol–water partition coefficient (Wildman–Crippen LogP) is 3.10. The van der Waals surface area contributed by atoms with Crippen LogP contribution in [0, 0.1) is 0 Å². The molecule has 0 aromatic heterocycles. The summed E-state index contributed by atoms with van der Waals surface area (Å²) in [6.07, 6.45) is 0.911. The van der Waals surface area contributed by atoms with Crippen molar-refractivity contribution in [3.05, 3.63) is 22.2 Å². The van der Waals surface area contributed by atoms with Crippen molar-refractivity contribution >= 4 is 34.2 Å². The lowest BCUT2D eigenvalue weighted by Gasteiger charge is -2.34. The Morgan fingerprint density at radius 3 is 2.83 bits per heavy atom. The molecule has 1 fully saturated rings. The highest BCUT2D eigenvalue weighted by atomic mass is 79.9. The van der Waals surface area contributed by atoms with Crippen LogP contribution in [0.2, 0.25) is 0 Å². The minimum absolute atomic E-state index is 0. The van der Waals surface area contributed by atoms with Crippen LogP contribution in [0.4, 0.5) is 0 Å². The molecule has 0 unspecified atom stereocenters. The number of methoxy groups -OCH3 is 1. The summed E-state index contributed by atoms with van der Waals surface area (Å²) in [4.78, 5) is 14.6. The molecular formula is C16H24BrClN2O3. The molecule has 5 nitrogen and oxygen atoms in total. The lowest BCUT2D eigenvalue weighted by Crippen LogP contribution is -2.52. The number of piperazine rings is 1. The molecule has 1 amide bonds. The number of benzene rings is 1. The maximum Gasteiger partial charge on any atom is 0.254 e. The fraction of sp³-hybridized carbons (Fsp3) is 0.562. The van der Waals surface area contributed by atoms with Crippen molar-refractivity contribution in [2.24, 2.45) is 0 Å². The number of hydrogen-bond donors (Lipinski definition) is 1. The SMILES string of the molecule is CCCOc1c(Br)cc(C(=O)N2CCNC[C@H]2C)cc1OC.Cl. The summed E-state index contributed by atoms with van der Waals surface area (Å²) in [5, 5.41) is 3.29. The van der Waals surface area contributed by atoms with Gasteiger partial charge in [-0.3, -0.25) is 4.79 Å². The number of ether oxygens (including phenoxy) is 2. The Balaban J connectivity index is 0.00000264. The van der Waals surface area contributed by atoms with E-state index in [1.54, 1.807) is 13.2 Å². The predicted molar refractivity (Wildman–Crippen MR) is 97.1 cm³/mol. The number of nitrogens with one attached hydrogen (secondary N) is 1. The van der Waals surface area contributed by atoms with Crippen LogP contribution in [0.3, 0.4) is 0 Å². The van der Waals surface area contributed by atoms with Gasteiger partial charge < -0.3 is 19.7 Å². The van der Waals surface area contributed by atoms with Crippen LogP contribution >= 0.6 is 28.3 Å². The topological polar surface area (TPSA) is 50.8 Å². The molecule has 0 radical (unpaired) electrons. The number of carbonyl (C=O) groups excluding carboxylic acids is 1. The second kappa shape index (κ2) is 9.35. The van der Waals surface area contributed by atoms with Crippen molar-refractivity contribution in [1.29, 1.82) is 0 Å². The van der Waals surface area contributed by atoms with Gasteiger partial charge >= 0.3 is 0 Å². The molecule has 0 aliphatic carbocycles. The van der Waals surface area contributed by atoms with Gasteiger partial charge in [0.1, 0.15) is 0 Å². The summed E-state index contributed by atoms with van der Waals surface area (Å²) in [7, 11) is 1.59. The van der Waals surface area contributed by atoms with Crippen LogP contribution < -0.4 is 14.8 Å². The zero-order chi connectivity index (χ0) is 16.1. The molecule has 23 heavy (non-hydrogen) atoms. The summed E-state index contributed by atoms with van der Waals surface area (Å²) in [5.41, 5.74) is 0.612. The average molecular weight is 408 g/mol. The van der Waals surface area contributed by atoms with Crippen LogP contribution in [0.5, 0.6) is 11.5 Å². The summed E-state index contributed by atoms with van der Waals surface area (Å²) in [5.74, 6) is 1.25. The van der Waals surface area contributed by atoms with E-state index in [0.29, 0.717) is 30.2 Å². The number of carbonyl (C=O) groups is 1. The number of halogens is 2. The molecule has 2 rings (SSSR count). The molecule has 1 heterocycles. The molecule has 1 atom stereocenters. The third-order valence-electron chi connectivity index (χ3n) is 3.69. The molecule has 1 aromatic carbocycles. The molecule has 0 saturated carbocycles. The summed E-state index contributed by atoms with van der Waals surface area (Å²) in [6.45, 7) is 7.07. The number of hydrogen-bond acceptors (Lipinski definition) is 4. The van der Waals surface area contributed by atoms with Crippen LogP contribution in [-0.2, 0) is 0 Å². The lowest BCUT2D eigenvalue weighted by atomic mass is 10.1. The van der Waals surface area contributed by atoms with E-state index in [-0.39, 0.29) is 24.4 Å². The number of rotatable bonds is 5. The van der Waals surface area contributed by atoms with E-state index in [9.17, 15) is 4.79 Å². The largest absolute Gasteiger partial charge is 0.493 e. The first kappa shape index (κ1) is 20.1. The Hall–Kier alpha value is -0.980. The van der Waals surface area contributed by atoms with Gasteiger partial charge in [0.05, 0.1) is 18.2 Å². The molecule has 130 valence electrons. The molecular weight excluding hydrogens is 384 g/mol. The van der Waals surface area contributed by atoms with E-state index < -0.39 is 0 Å². The van der Waals surface area contributed by atoms with Crippen molar-refractivity contribution < 1.29 is 14.3 Å². The van der Waals surface area contributed by atoms with Gasteiger partial charge in [-0.2, -0.15) is 0 Å². The van der Waals surface area contributed by atoms with Crippen LogP contribution in [0.1, 0.15) is 30.6 Å². The molecule has 0 bridgehead atoms. The molecule has 1 N–H and O–H groups in total. The monoisotopic (exact) mass is 406 g/mol. The van der Waals surface area contributed by atoms with Gasteiger partial charge in [0.25, 0.3) is 5.91 Å². The van der Waals surface area contributed by atoms with E-state index in [4.69, 9.17) is 9.47 Å².